The third kappa shape index (κ3) is 1.88. The molecule has 4 N–H and O–H groups in total. The van der Waals surface area contributed by atoms with Crippen LogP contribution in [0.3, 0.4) is 0 Å². The van der Waals surface area contributed by atoms with E-state index in [0.29, 0.717) is 0 Å². The fraction of sp³-hybridized carbons (Fsp3) is 0.417. The SMILES string of the molecule is CC(C(N)=O)N1CCc2c(N)cccc2C1. The number of anilines is 1. The molecular formula is C12H17N3O. The zero-order valence-electron chi connectivity index (χ0n) is 9.44. The topological polar surface area (TPSA) is 72.4 Å². The van der Waals surface area contributed by atoms with Gasteiger partial charge >= 0.3 is 0 Å². The van der Waals surface area contributed by atoms with Gasteiger partial charge in [-0.3, -0.25) is 9.69 Å². The van der Waals surface area contributed by atoms with Crippen LogP contribution in [0.5, 0.6) is 0 Å². The first-order valence-electron chi connectivity index (χ1n) is 5.49. The molecule has 1 atom stereocenters. The number of carbonyl (C=O) groups excluding carboxylic acids is 1. The molecule has 1 aromatic carbocycles. The summed E-state index contributed by atoms with van der Waals surface area (Å²) in [7, 11) is 0. The van der Waals surface area contributed by atoms with Crippen LogP contribution in [0.2, 0.25) is 0 Å². The van der Waals surface area contributed by atoms with Crippen LogP contribution >= 0.6 is 0 Å². The van der Waals surface area contributed by atoms with Crippen molar-refractivity contribution in [2.75, 3.05) is 12.3 Å². The van der Waals surface area contributed by atoms with Gasteiger partial charge in [0, 0.05) is 18.8 Å². The molecule has 4 nitrogen and oxygen atoms in total. The number of hydrogen-bond acceptors (Lipinski definition) is 3. The van der Waals surface area contributed by atoms with Crippen molar-refractivity contribution in [2.45, 2.75) is 25.9 Å². The number of nitrogens with zero attached hydrogens (tertiary/aromatic N) is 1. The Hall–Kier alpha value is -1.55. The molecule has 0 saturated heterocycles. The Morgan fingerprint density at radius 1 is 1.50 bits per heavy atom. The van der Waals surface area contributed by atoms with Crippen LogP contribution in [0.4, 0.5) is 5.69 Å². The molecule has 86 valence electrons. The average Bonchev–Trinajstić information content (AvgIpc) is 2.28. The summed E-state index contributed by atoms with van der Waals surface area (Å²) in [4.78, 5) is 13.2. The van der Waals surface area contributed by atoms with Crippen molar-refractivity contribution in [2.24, 2.45) is 5.73 Å². The van der Waals surface area contributed by atoms with Gasteiger partial charge in [0.1, 0.15) is 0 Å². The lowest BCUT2D eigenvalue weighted by atomic mass is 9.97. The van der Waals surface area contributed by atoms with Gasteiger partial charge in [0.15, 0.2) is 0 Å². The first-order valence-corrected chi connectivity index (χ1v) is 5.49. The molecule has 0 saturated carbocycles. The zero-order chi connectivity index (χ0) is 11.7. The number of nitrogens with two attached hydrogens (primary N) is 2. The smallest absolute Gasteiger partial charge is 0.234 e. The van der Waals surface area contributed by atoms with Crippen LogP contribution < -0.4 is 11.5 Å². The summed E-state index contributed by atoms with van der Waals surface area (Å²) in [6.07, 6.45) is 0.889. The molecule has 16 heavy (non-hydrogen) atoms. The van der Waals surface area contributed by atoms with E-state index in [1.807, 2.05) is 19.1 Å². The first kappa shape index (κ1) is 11.0. The van der Waals surface area contributed by atoms with Crippen LogP contribution in [0.15, 0.2) is 18.2 Å². The molecule has 0 spiro atoms. The van der Waals surface area contributed by atoms with Gasteiger partial charge in [-0.25, -0.2) is 0 Å². The minimum atomic E-state index is -0.271. The summed E-state index contributed by atoms with van der Waals surface area (Å²) >= 11 is 0. The Morgan fingerprint density at radius 2 is 2.25 bits per heavy atom. The summed E-state index contributed by atoms with van der Waals surface area (Å²) in [5.74, 6) is -0.271. The first-order chi connectivity index (χ1) is 7.59. The van der Waals surface area contributed by atoms with Crippen LogP contribution in [0.25, 0.3) is 0 Å². The van der Waals surface area contributed by atoms with E-state index < -0.39 is 0 Å². The monoisotopic (exact) mass is 219 g/mol. The second kappa shape index (κ2) is 4.14. The van der Waals surface area contributed by atoms with E-state index >= 15 is 0 Å². The maximum atomic E-state index is 11.1. The van der Waals surface area contributed by atoms with Crippen molar-refractivity contribution >= 4 is 11.6 Å². The molecule has 0 aromatic heterocycles. The van der Waals surface area contributed by atoms with Gasteiger partial charge < -0.3 is 11.5 Å². The quantitative estimate of drug-likeness (QED) is 0.711. The lowest BCUT2D eigenvalue weighted by molar-refractivity contribution is -0.123. The number of nitrogen functional groups attached to an aromatic ring is 1. The van der Waals surface area contributed by atoms with Gasteiger partial charge in [0.2, 0.25) is 5.91 Å². The van der Waals surface area contributed by atoms with Gasteiger partial charge in [0.05, 0.1) is 6.04 Å². The van der Waals surface area contributed by atoms with Gasteiger partial charge in [-0.05, 0) is 30.5 Å². The van der Waals surface area contributed by atoms with Crippen LogP contribution in [-0.4, -0.2) is 23.4 Å². The highest BCUT2D eigenvalue weighted by Gasteiger charge is 2.24. The van der Waals surface area contributed by atoms with Crippen LogP contribution in [0.1, 0.15) is 18.1 Å². The Morgan fingerprint density at radius 3 is 2.94 bits per heavy atom. The average molecular weight is 219 g/mol. The third-order valence-corrected chi connectivity index (χ3v) is 3.29. The molecule has 1 heterocycles. The summed E-state index contributed by atoms with van der Waals surface area (Å²) in [6, 6.07) is 5.72. The van der Waals surface area contributed by atoms with E-state index in [1.54, 1.807) is 0 Å². The number of fused-ring (bicyclic) bond motifs is 1. The number of rotatable bonds is 2. The second-order valence-electron chi connectivity index (χ2n) is 4.28. The summed E-state index contributed by atoms with van der Waals surface area (Å²) < 4.78 is 0. The molecule has 1 unspecified atom stereocenters. The van der Waals surface area contributed by atoms with Crippen molar-refractivity contribution < 1.29 is 4.79 Å². The number of hydrogen-bond donors (Lipinski definition) is 2. The highest BCUT2D eigenvalue weighted by Crippen LogP contribution is 2.24. The van der Waals surface area contributed by atoms with Gasteiger partial charge in [0.25, 0.3) is 0 Å². The fourth-order valence-corrected chi connectivity index (χ4v) is 2.17. The molecule has 1 amide bonds. The molecular weight excluding hydrogens is 202 g/mol. The maximum Gasteiger partial charge on any atom is 0.234 e. The summed E-state index contributed by atoms with van der Waals surface area (Å²) in [5, 5.41) is 0. The molecule has 0 bridgehead atoms. The second-order valence-corrected chi connectivity index (χ2v) is 4.28. The van der Waals surface area contributed by atoms with Crippen molar-refractivity contribution in [3.63, 3.8) is 0 Å². The van der Waals surface area contributed by atoms with Crippen molar-refractivity contribution in [3.05, 3.63) is 29.3 Å². The number of amides is 1. The van der Waals surface area contributed by atoms with E-state index in [9.17, 15) is 4.79 Å². The number of primary amides is 1. The predicted octanol–water partition coefficient (Wildman–Crippen LogP) is 0.501. The fourth-order valence-electron chi connectivity index (χ4n) is 2.17. The van der Waals surface area contributed by atoms with Crippen LogP contribution in [-0.2, 0) is 17.8 Å². The van der Waals surface area contributed by atoms with Gasteiger partial charge in [-0.1, -0.05) is 12.1 Å². The minimum Gasteiger partial charge on any atom is -0.398 e. The van der Waals surface area contributed by atoms with Crippen molar-refractivity contribution in [1.82, 2.24) is 4.90 Å². The molecule has 0 fully saturated rings. The van der Waals surface area contributed by atoms with Crippen LogP contribution in [0, 0.1) is 0 Å². The largest absolute Gasteiger partial charge is 0.398 e. The van der Waals surface area contributed by atoms with Gasteiger partial charge in [-0.2, -0.15) is 0 Å². The zero-order valence-corrected chi connectivity index (χ0v) is 9.44. The highest BCUT2D eigenvalue weighted by atomic mass is 16.1. The lowest BCUT2D eigenvalue weighted by Crippen LogP contribution is -2.45. The highest BCUT2D eigenvalue weighted by molar-refractivity contribution is 5.79. The molecule has 0 aliphatic carbocycles. The third-order valence-electron chi connectivity index (χ3n) is 3.29. The van der Waals surface area contributed by atoms with E-state index in [0.717, 1.165) is 25.2 Å². The molecule has 1 aliphatic heterocycles. The van der Waals surface area contributed by atoms with E-state index in [2.05, 4.69) is 11.0 Å². The Labute approximate surface area is 95.2 Å². The predicted molar refractivity (Wildman–Crippen MR) is 63.6 cm³/mol. The Bertz CT molecular complexity index is 417. The lowest BCUT2D eigenvalue weighted by Gasteiger charge is -2.32. The maximum absolute atomic E-state index is 11.1. The van der Waals surface area contributed by atoms with Gasteiger partial charge in [-0.15, -0.1) is 0 Å². The van der Waals surface area contributed by atoms with Crippen molar-refractivity contribution in [1.29, 1.82) is 0 Å². The molecule has 2 rings (SSSR count). The van der Waals surface area contributed by atoms with E-state index in [-0.39, 0.29) is 11.9 Å². The normalized spacial score (nSPS) is 17.8. The van der Waals surface area contributed by atoms with E-state index in [4.69, 9.17) is 11.5 Å². The number of carbonyl (C=O) groups is 1. The van der Waals surface area contributed by atoms with E-state index in [1.165, 1.54) is 11.1 Å². The summed E-state index contributed by atoms with van der Waals surface area (Å²) in [5.41, 5.74) is 14.5. The molecule has 4 heteroatoms. The summed E-state index contributed by atoms with van der Waals surface area (Å²) in [6.45, 7) is 3.44. The molecule has 0 radical (unpaired) electrons. The standard InChI is InChI=1S/C12H17N3O/c1-8(12(14)16)15-6-5-10-9(7-15)3-2-4-11(10)13/h2-4,8H,5-7,13H2,1H3,(H2,14,16). The Balaban J connectivity index is 2.21. The Kier molecular flexibility index (Phi) is 2.83. The molecule has 1 aromatic rings. The number of benzene rings is 1. The minimum absolute atomic E-state index is 0.213. The van der Waals surface area contributed by atoms with Crippen molar-refractivity contribution in [3.8, 4) is 0 Å². The molecule has 1 aliphatic rings.